The summed E-state index contributed by atoms with van der Waals surface area (Å²) in [5.41, 5.74) is 1.01. The zero-order valence-electron chi connectivity index (χ0n) is 9.85. The van der Waals surface area contributed by atoms with Gasteiger partial charge < -0.3 is 15.1 Å². The summed E-state index contributed by atoms with van der Waals surface area (Å²) in [5, 5.41) is 6.43. The van der Waals surface area contributed by atoms with E-state index in [1.54, 1.807) is 11.3 Å². The van der Waals surface area contributed by atoms with E-state index in [0.717, 1.165) is 36.9 Å². The van der Waals surface area contributed by atoms with E-state index in [9.17, 15) is 4.79 Å². The standard InChI is InChI=1S/C11H16N4OS/c1-8-13-9(7-17-8)5-14-6-10-4-12-2-3-15(10)11(14)16/h7,10,12H,2-6H2,1H3. The molecule has 0 bridgehead atoms. The Bertz CT molecular complexity index is 433. The summed E-state index contributed by atoms with van der Waals surface area (Å²) >= 11 is 1.64. The van der Waals surface area contributed by atoms with Crippen molar-refractivity contribution in [1.82, 2.24) is 20.1 Å². The van der Waals surface area contributed by atoms with Crippen LogP contribution in [0.3, 0.4) is 0 Å². The summed E-state index contributed by atoms with van der Waals surface area (Å²) in [4.78, 5) is 20.5. The van der Waals surface area contributed by atoms with Gasteiger partial charge in [0.25, 0.3) is 0 Å². The Kier molecular flexibility index (Phi) is 2.76. The summed E-state index contributed by atoms with van der Waals surface area (Å²) in [7, 11) is 0. The Balaban J connectivity index is 1.70. The quantitative estimate of drug-likeness (QED) is 0.841. The number of carbonyl (C=O) groups is 1. The van der Waals surface area contributed by atoms with Gasteiger partial charge in [0, 0.05) is 31.6 Å². The third-order valence-corrected chi connectivity index (χ3v) is 4.14. The number of fused-ring (bicyclic) bond motifs is 1. The fraction of sp³-hybridized carbons (Fsp3) is 0.636. The lowest BCUT2D eigenvalue weighted by Gasteiger charge is -2.28. The molecule has 2 aliphatic heterocycles. The second-order valence-corrected chi connectivity index (χ2v) is 5.63. The molecule has 0 aliphatic carbocycles. The number of hydrogen-bond donors (Lipinski definition) is 1. The maximum Gasteiger partial charge on any atom is 0.320 e. The maximum absolute atomic E-state index is 12.2. The van der Waals surface area contributed by atoms with Gasteiger partial charge in [-0.1, -0.05) is 0 Å². The number of hydrogen-bond acceptors (Lipinski definition) is 4. The van der Waals surface area contributed by atoms with E-state index in [-0.39, 0.29) is 6.03 Å². The van der Waals surface area contributed by atoms with E-state index in [0.29, 0.717) is 12.6 Å². The number of aryl methyl sites for hydroxylation is 1. The van der Waals surface area contributed by atoms with Gasteiger partial charge in [0.05, 0.1) is 23.3 Å². The molecule has 1 N–H and O–H groups in total. The first-order valence-electron chi connectivity index (χ1n) is 5.91. The van der Waals surface area contributed by atoms with E-state index < -0.39 is 0 Å². The van der Waals surface area contributed by atoms with Gasteiger partial charge in [0.2, 0.25) is 0 Å². The van der Waals surface area contributed by atoms with Crippen LogP contribution >= 0.6 is 11.3 Å². The number of aromatic nitrogens is 1. The molecule has 3 heterocycles. The first kappa shape index (κ1) is 11.0. The van der Waals surface area contributed by atoms with E-state index in [1.165, 1.54) is 0 Å². The van der Waals surface area contributed by atoms with Crippen molar-refractivity contribution in [1.29, 1.82) is 0 Å². The van der Waals surface area contributed by atoms with Crippen LogP contribution in [0.15, 0.2) is 5.38 Å². The maximum atomic E-state index is 12.2. The minimum Gasteiger partial charge on any atom is -0.317 e. The molecule has 6 heteroatoms. The molecule has 1 atom stereocenters. The lowest BCUT2D eigenvalue weighted by atomic mass is 10.2. The van der Waals surface area contributed by atoms with Gasteiger partial charge in [-0.15, -0.1) is 11.3 Å². The molecule has 5 nitrogen and oxygen atoms in total. The average molecular weight is 252 g/mol. The fourth-order valence-corrected chi connectivity index (χ4v) is 3.10. The van der Waals surface area contributed by atoms with Crippen LogP contribution in [0.4, 0.5) is 4.79 Å². The molecular formula is C11H16N4OS. The van der Waals surface area contributed by atoms with Crippen molar-refractivity contribution in [3.63, 3.8) is 0 Å². The fourth-order valence-electron chi connectivity index (χ4n) is 2.50. The Morgan fingerprint density at radius 2 is 2.53 bits per heavy atom. The summed E-state index contributed by atoms with van der Waals surface area (Å²) in [6, 6.07) is 0.512. The van der Waals surface area contributed by atoms with E-state index in [2.05, 4.69) is 10.3 Å². The molecule has 0 saturated carbocycles. The predicted octanol–water partition coefficient (Wildman–Crippen LogP) is 0.661. The molecule has 0 radical (unpaired) electrons. The Morgan fingerprint density at radius 1 is 1.65 bits per heavy atom. The molecule has 2 fully saturated rings. The van der Waals surface area contributed by atoms with Crippen molar-refractivity contribution in [3.8, 4) is 0 Å². The van der Waals surface area contributed by atoms with Gasteiger partial charge >= 0.3 is 6.03 Å². The van der Waals surface area contributed by atoms with Crippen LogP contribution in [0.1, 0.15) is 10.7 Å². The lowest BCUT2D eigenvalue weighted by Crippen LogP contribution is -2.49. The predicted molar refractivity (Wildman–Crippen MR) is 66.0 cm³/mol. The Labute approximate surface area is 104 Å². The molecule has 17 heavy (non-hydrogen) atoms. The van der Waals surface area contributed by atoms with Crippen LogP contribution < -0.4 is 5.32 Å². The van der Waals surface area contributed by atoms with E-state index in [1.807, 2.05) is 22.1 Å². The number of rotatable bonds is 2. The molecule has 1 aromatic rings. The highest BCUT2D eigenvalue weighted by molar-refractivity contribution is 7.09. The van der Waals surface area contributed by atoms with Crippen molar-refractivity contribution < 1.29 is 4.79 Å². The minimum absolute atomic E-state index is 0.169. The monoisotopic (exact) mass is 252 g/mol. The number of carbonyl (C=O) groups excluding carboxylic acids is 1. The molecule has 0 spiro atoms. The van der Waals surface area contributed by atoms with Crippen LogP contribution in [-0.4, -0.2) is 53.0 Å². The van der Waals surface area contributed by atoms with E-state index >= 15 is 0 Å². The van der Waals surface area contributed by atoms with Gasteiger partial charge in [0.1, 0.15) is 0 Å². The van der Waals surface area contributed by atoms with Crippen molar-refractivity contribution in [2.24, 2.45) is 0 Å². The molecule has 1 aromatic heterocycles. The van der Waals surface area contributed by atoms with Crippen molar-refractivity contribution in [2.45, 2.75) is 19.5 Å². The number of thiazole rings is 1. The smallest absolute Gasteiger partial charge is 0.317 e. The van der Waals surface area contributed by atoms with Gasteiger partial charge in [-0.05, 0) is 6.92 Å². The second-order valence-electron chi connectivity index (χ2n) is 4.57. The normalized spacial score (nSPS) is 24.3. The molecule has 1 unspecified atom stereocenters. The minimum atomic E-state index is 0.169. The van der Waals surface area contributed by atoms with Gasteiger partial charge in [-0.25, -0.2) is 9.78 Å². The number of nitrogens with one attached hydrogen (secondary N) is 1. The lowest BCUT2D eigenvalue weighted by molar-refractivity contribution is 0.178. The van der Waals surface area contributed by atoms with Crippen molar-refractivity contribution in [3.05, 3.63) is 16.1 Å². The molecule has 3 rings (SSSR count). The summed E-state index contributed by atoms with van der Waals surface area (Å²) in [6.07, 6.45) is 0. The highest BCUT2D eigenvalue weighted by atomic mass is 32.1. The average Bonchev–Trinajstić information content (AvgIpc) is 2.86. The SMILES string of the molecule is Cc1nc(CN2CC3CNCCN3C2=O)cs1. The van der Waals surface area contributed by atoms with Crippen LogP contribution in [0.25, 0.3) is 0 Å². The topological polar surface area (TPSA) is 48.5 Å². The zero-order valence-corrected chi connectivity index (χ0v) is 10.7. The number of nitrogens with zero attached hydrogens (tertiary/aromatic N) is 3. The van der Waals surface area contributed by atoms with Gasteiger partial charge in [-0.2, -0.15) is 0 Å². The highest BCUT2D eigenvalue weighted by Crippen LogP contribution is 2.20. The number of piperazine rings is 1. The number of amides is 2. The molecule has 2 saturated heterocycles. The summed E-state index contributed by atoms with van der Waals surface area (Å²) < 4.78 is 0. The molecule has 2 amide bonds. The third kappa shape index (κ3) is 2.02. The molecular weight excluding hydrogens is 236 g/mol. The van der Waals surface area contributed by atoms with Crippen LogP contribution in [-0.2, 0) is 6.54 Å². The number of urea groups is 1. The van der Waals surface area contributed by atoms with Crippen molar-refractivity contribution >= 4 is 17.4 Å². The Hall–Kier alpha value is -1.14. The van der Waals surface area contributed by atoms with Gasteiger partial charge in [-0.3, -0.25) is 0 Å². The van der Waals surface area contributed by atoms with Gasteiger partial charge in [0.15, 0.2) is 0 Å². The van der Waals surface area contributed by atoms with Crippen molar-refractivity contribution in [2.75, 3.05) is 26.2 Å². The highest BCUT2D eigenvalue weighted by Gasteiger charge is 2.38. The molecule has 2 aliphatic rings. The first-order chi connectivity index (χ1) is 8.24. The Morgan fingerprint density at radius 3 is 3.24 bits per heavy atom. The second kappa shape index (κ2) is 4.27. The largest absolute Gasteiger partial charge is 0.320 e. The summed E-state index contributed by atoms with van der Waals surface area (Å²) in [5.74, 6) is 0. The van der Waals surface area contributed by atoms with Crippen LogP contribution in [0, 0.1) is 6.92 Å². The molecule has 0 aromatic carbocycles. The summed E-state index contributed by atoms with van der Waals surface area (Å²) in [6.45, 7) is 6.12. The zero-order chi connectivity index (χ0) is 11.8. The van der Waals surface area contributed by atoms with Crippen LogP contribution in [0.2, 0.25) is 0 Å². The van der Waals surface area contributed by atoms with Crippen LogP contribution in [0.5, 0.6) is 0 Å². The van der Waals surface area contributed by atoms with E-state index in [4.69, 9.17) is 0 Å². The third-order valence-electron chi connectivity index (χ3n) is 3.32. The first-order valence-corrected chi connectivity index (χ1v) is 6.79. The molecule has 92 valence electrons.